The lowest BCUT2D eigenvalue weighted by molar-refractivity contribution is -0.402. The number of hydrogen-bond donors (Lipinski definition) is 1. The van der Waals surface area contributed by atoms with E-state index in [1.807, 2.05) is 6.92 Å². The monoisotopic (exact) mass is 337 g/mol. The molecule has 1 aromatic carbocycles. The van der Waals surface area contributed by atoms with E-state index in [9.17, 15) is 14.9 Å². The van der Waals surface area contributed by atoms with Gasteiger partial charge in [0.25, 0.3) is 5.91 Å². The first-order chi connectivity index (χ1) is 11.0. The molecule has 0 aliphatic rings. The zero-order chi connectivity index (χ0) is 16.8. The third-order valence-corrected chi connectivity index (χ3v) is 3.10. The number of benzene rings is 1. The van der Waals surface area contributed by atoms with Crippen LogP contribution in [0.25, 0.3) is 0 Å². The summed E-state index contributed by atoms with van der Waals surface area (Å²) >= 11 is 5.89. The molecule has 23 heavy (non-hydrogen) atoms. The molecule has 8 nitrogen and oxygen atoms in total. The number of nitrogens with zero attached hydrogens (tertiary/aromatic N) is 2. The first-order valence-corrected chi connectivity index (χ1v) is 6.78. The average Bonchev–Trinajstić information content (AvgIpc) is 2.97. The van der Waals surface area contributed by atoms with Gasteiger partial charge in [0, 0.05) is 5.02 Å². The summed E-state index contributed by atoms with van der Waals surface area (Å²) in [6.07, 6.45) is 1.15. The van der Waals surface area contributed by atoms with Crippen molar-refractivity contribution in [3.05, 3.63) is 56.8 Å². The van der Waals surface area contributed by atoms with Crippen LogP contribution in [-0.2, 0) is 4.79 Å². The molecular weight excluding hydrogens is 326 g/mol. The van der Waals surface area contributed by atoms with E-state index in [1.165, 1.54) is 12.1 Å². The number of halogens is 1. The Kier molecular flexibility index (Phi) is 5.32. The molecule has 1 heterocycles. The minimum absolute atomic E-state index is 0.145. The van der Waals surface area contributed by atoms with Gasteiger partial charge in [-0.2, -0.15) is 5.10 Å². The predicted octanol–water partition coefficient (Wildman–Crippen LogP) is 2.68. The Labute approximate surface area is 135 Å². The molecule has 9 heteroatoms. The maximum absolute atomic E-state index is 11.6. The highest BCUT2D eigenvalue weighted by atomic mass is 35.5. The molecule has 0 fully saturated rings. The number of amides is 1. The Morgan fingerprint density at radius 3 is 2.91 bits per heavy atom. The van der Waals surface area contributed by atoms with Crippen LogP contribution in [0.3, 0.4) is 0 Å². The number of rotatable bonds is 6. The fourth-order valence-electron chi connectivity index (χ4n) is 1.57. The Bertz CT molecular complexity index is 757. The molecule has 0 atom stereocenters. The van der Waals surface area contributed by atoms with Crippen molar-refractivity contribution in [3.8, 4) is 5.75 Å². The second-order valence-corrected chi connectivity index (χ2v) is 4.83. The number of ether oxygens (including phenoxy) is 1. The Balaban J connectivity index is 1.81. The lowest BCUT2D eigenvalue weighted by atomic mass is 10.2. The van der Waals surface area contributed by atoms with Crippen molar-refractivity contribution < 1.29 is 18.9 Å². The highest BCUT2D eigenvalue weighted by molar-refractivity contribution is 6.31. The molecular formula is C14H12ClN3O5. The van der Waals surface area contributed by atoms with Gasteiger partial charge >= 0.3 is 5.88 Å². The van der Waals surface area contributed by atoms with E-state index in [0.29, 0.717) is 10.8 Å². The lowest BCUT2D eigenvalue weighted by Crippen LogP contribution is -2.24. The molecule has 0 radical (unpaired) electrons. The molecule has 1 amide bonds. The van der Waals surface area contributed by atoms with Crippen LogP contribution in [0.5, 0.6) is 5.75 Å². The second kappa shape index (κ2) is 7.41. The summed E-state index contributed by atoms with van der Waals surface area (Å²) in [7, 11) is 0. The van der Waals surface area contributed by atoms with Crippen LogP contribution in [0, 0.1) is 17.0 Å². The second-order valence-electron chi connectivity index (χ2n) is 4.43. The minimum Gasteiger partial charge on any atom is -0.484 e. The summed E-state index contributed by atoms with van der Waals surface area (Å²) in [5.74, 6) is -0.243. The molecule has 120 valence electrons. The zero-order valence-electron chi connectivity index (χ0n) is 12.0. The molecule has 0 bridgehead atoms. The highest BCUT2D eigenvalue weighted by Gasteiger charge is 2.10. The number of furan rings is 1. The van der Waals surface area contributed by atoms with Gasteiger partial charge in [0.15, 0.2) is 12.4 Å². The lowest BCUT2D eigenvalue weighted by Gasteiger charge is -2.06. The van der Waals surface area contributed by atoms with Gasteiger partial charge in [-0.1, -0.05) is 11.6 Å². The SMILES string of the molecule is Cc1cc(OCC(=O)N/N=C/c2ccc([N+](=O)[O-])o2)ccc1Cl. The quantitative estimate of drug-likeness (QED) is 0.495. The highest BCUT2D eigenvalue weighted by Crippen LogP contribution is 2.20. The van der Waals surface area contributed by atoms with Crippen LogP contribution in [0.15, 0.2) is 39.9 Å². The Morgan fingerprint density at radius 2 is 2.26 bits per heavy atom. The summed E-state index contributed by atoms with van der Waals surface area (Å²) in [5, 5.41) is 14.7. The number of nitro groups is 1. The van der Waals surface area contributed by atoms with Crippen molar-refractivity contribution in [1.82, 2.24) is 5.43 Å². The van der Waals surface area contributed by atoms with Crippen LogP contribution in [0.1, 0.15) is 11.3 Å². The molecule has 0 saturated carbocycles. The van der Waals surface area contributed by atoms with Crippen molar-refractivity contribution in [1.29, 1.82) is 0 Å². The van der Waals surface area contributed by atoms with Crippen LogP contribution < -0.4 is 10.2 Å². The third kappa shape index (κ3) is 4.82. The van der Waals surface area contributed by atoms with Crippen LogP contribution in [0.4, 0.5) is 5.88 Å². The summed E-state index contributed by atoms with van der Waals surface area (Å²) in [4.78, 5) is 21.3. The zero-order valence-corrected chi connectivity index (χ0v) is 12.7. The van der Waals surface area contributed by atoms with Gasteiger partial charge < -0.3 is 9.15 Å². The number of nitrogens with one attached hydrogen (secondary N) is 1. The van der Waals surface area contributed by atoms with E-state index in [0.717, 1.165) is 11.8 Å². The topological polar surface area (TPSA) is 107 Å². The standard InChI is InChI=1S/C14H12ClN3O5/c1-9-6-10(2-4-12(9)15)22-8-13(19)17-16-7-11-3-5-14(23-11)18(20)21/h2-7H,8H2,1H3,(H,17,19)/b16-7+. The Morgan fingerprint density at radius 1 is 1.48 bits per heavy atom. The summed E-state index contributed by atoms with van der Waals surface area (Å²) in [6.45, 7) is 1.58. The summed E-state index contributed by atoms with van der Waals surface area (Å²) in [6, 6.07) is 7.58. The van der Waals surface area contributed by atoms with Crippen LogP contribution in [0.2, 0.25) is 5.02 Å². The maximum atomic E-state index is 11.6. The fraction of sp³-hybridized carbons (Fsp3) is 0.143. The van der Waals surface area contributed by atoms with E-state index in [1.54, 1.807) is 18.2 Å². The van der Waals surface area contributed by atoms with Gasteiger partial charge in [0.05, 0.1) is 12.3 Å². The molecule has 0 spiro atoms. The van der Waals surface area contributed by atoms with Crippen LogP contribution in [-0.4, -0.2) is 23.7 Å². The largest absolute Gasteiger partial charge is 0.484 e. The Hall–Kier alpha value is -2.87. The molecule has 0 saturated heterocycles. The minimum atomic E-state index is -0.669. The van der Waals surface area contributed by atoms with Gasteiger partial charge in [-0.05, 0) is 36.8 Å². The van der Waals surface area contributed by atoms with Crippen molar-refractivity contribution in [2.75, 3.05) is 6.61 Å². The molecule has 0 aliphatic carbocycles. The average molecular weight is 338 g/mol. The van der Waals surface area contributed by atoms with Crippen molar-refractivity contribution in [2.24, 2.45) is 5.10 Å². The number of aryl methyl sites for hydroxylation is 1. The number of hydrogen-bond acceptors (Lipinski definition) is 6. The molecule has 2 aromatic rings. The first-order valence-electron chi connectivity index (χ1n) is 6.41. The third-order valence-electron chi connectivity index (χ3n) is 2.67. The van der Waals surface area contributed by atoms with E-state index in [2.05, 4.69) is 10.5 Å². The van der Waals surface area contributed by atoms with Gasteiger partial charge in [-0.15, -0.1) is 0 Å². The molecule has 1 N–H and O–H groups in total. The first kappa shape index (κ1) is 16.5. The predicted molar refractivity (Wildman–Crippen MR) is 82.8 cm³/mol. The number of carbonyl (C=O) groups excluding carboxylic acids is 1. The summed E-state index contributed by atoms with van der Waals surface area (Å²) in [5.41, 5.74) is 3.05. The number of carbonyl (C=O) groups is 1. The van der Waals surface area contributed by atoms with Crippen molar-refractivity contribution in [3.63, 3.8) is 0 Å². The maximum Gasteiger partial charge on any atom is 0.433 e. The number of hydrazone groups is 1. The van der Waals surface area contributed by atoms with Gasteiger partial charge in [-0.25, -0.2) is 5.43 Å². The molecule has 0 aliphatic heterocycles. The van der Waals surface area contributed by atoms with E-state index >= 15 is 0 Å². The molecule has 2 rings (SSSR count). The van der Waals surface area contributed by atoms with Crippen molar-refractivity contribution >= 4 is 29.6 Å². The normalized spacial score (nSPS) is 10.7. The van der Waals surface area contributed by atoms with E-state index < -0.39 is 16.7 Å². The van der Waals surface area contributed by atoms with Gasteiger partial charge in [0.1, 0.15) is 10.7 Å². The van der Waals surface area contributed by atoms with Crippen molar-refractivity contribution in [2.45, 2.75) is 6.92 Å². The van der Waals surface area contributed by atoms with E-state index in [4.69, 9.17) is 20.8 Å². The summed E-state index contributed by atoms with van der Waals surface area (Å²) < 4.78 is 10.1. The van der Waals surface area contributed by atoms with Gasteiger partial charge in [0.2, 0.25) is 0 Å². The molecule has 1 aromatic heterocycles. The van der Waals surface area contributed by atoms with E-state index in [-0.39, 0.29) is 12.4 Å². The smallest absolute Gasteiger partial charge is 0.433 e. The van der Waals surface area contributed by atoms with Gasteiger partial charge in [-0.3, -0.25) is 14.9 Å². The molecule has 0 unspecified atom stereocenters. The van der Waals surface area contributed by atoms with Crippen LogP contribution >= 0.6 is 11.6 Å². The fourth-order valence-corrected chi connectivity index (χ4v) is 1.68.